The summed E-state index contributed by atoms with van der Waals surface area (Å²) in [5.74, 6) is -0.330. The minimum atomic E-state index is -0.484. The Morgan fingerprint density at radius 2 is 2.00 bits per heavy atom. The number of carbonyl (C=O) groups excluding carboxylic acids is 1. The van der Waals surface area contributed by atoms with Gasteiger partial charge in [0.15, 0.2) is 0 Å². The molecule has 0 spiro atoms. The van der Waals surface area contributed by atoms with Crippen molar-refractivity contribution in [2.75, 3.05) is 0 Å². The summed E-state index contributed by atoms with van der Waals surface area (Å²) in [6.07, 6.45) is 0. The van der Waals surface area contributed by atoms with E-state index in [1.807, 2.05) is 26.8 Å². The minimum Gasteiger partial charge on any atom is -0.456 e. The molecule has 1 aromatic rings. The standard InChI is InChI=1S/C12H16BrNO2/c1-12(2,3)16-11(15)9-4-8(7-14)5-10(13)6-9/h4-6H,7,14H2,1-3H3. The molecule has 16 heavy (non-hydrogen) atoms. The maximum atomic E-state index is 11.8. The molecule has 2 N–H and O–H groups in total. The highest BCUT2D eigenvalue weighted by Crippen LogP contribution is 2.18. The van der Waals surface area contributed by atoms with Crippen LogP contribution in [0.1, 0.15) is 36.7 Å². The van der Waals surface area contributed by atoms with Crippen LogP contribution in [0.4, 0.5) is 0 Å². The second-order valence-electron chi connectivity index (χ2n) is 4.55. The van der Waals surface area contributed by atoms with Crippen molar-refractivity contribution in [1.29, 1.82) is 0 Å². The van der Waals surface area contributed by atoms with Crippen LogP contribution in [0.5, 0.6) is 0 Å². The lowest BCUT2D eigenvalue weighted by molar-refractivity contribution is 0.00693. The van der Waals surface area contributed by atoms with Gasteiger partial charge >= 0.3 is 5.97 Å². The predicted octanol–water partition coefficient (Wildman–Crippen LogP) is 2.86. The molecule has 1 rings (SSSR count). The number of rotatable bonds is 2. The summed E-state index contributed by atoms with van der Waals surface area (Å²) in [6, 6.07) is 5.36. The van der Waals surface area contributed by atoms with Crippen LogP contribution in [-0.4, -0.2) is 11.6 Å². The van der Waals surface area contributed by atoms with Crippen molar-refractivity contribution in [1.82, 2.24) is 0 Å². The fourth-order valence-corrected chi connectivity index (χ4v) is 1.76. The van der Waals surface area contributed by atoms with E-state index in [-0.39, 0.29) is 5.97 Å². The Kier molecular flexibility index (Phi) is 4.10. The van der Waals surface area contributed by atoms with Crippen molar-refractivity contribution in [3.8, 4) is 0 Å². The Bertz CT molecular complexity index is 396. The van der Waals surface area contributed by atoms with E-state index in [1.54, 1.807) is 12.1 Å². The molecular weight excluding hydrogens is 270 g/mol. The summed E-state index contributed by atoms with van der Waals surface area (Å²) in [4.78, 5) is 11.8. The number of carbonyl (C=O) groups is 1. The molecule has 0 bridgehead atoms. The van der Waals surface area contributed by atoms with E-state index in [2.05, 4.69) is 15.9 Å². The van der Waals surface area contributed by atoms with Crippen LogP contribution in [0.2, 0.25) is 0 Å². The van der Waals surface area contributed by atoms with Crippen LogP contribution in [0.25, 0.3) is 0 Å². The van der Waals surface area contributed by atoms with Crippen LogP contribution < -0.4 is 5.73 Å². The largest absolute Gasteiger partial charge is 0.456 e. The molecule has 4 heteroatoms. The van der Waals surface area contributed by atoms with E-state index >= 15 is 0 Å². The van der Waals surface area contributed by atoms with Gasteiger partial charge in [0.05, 0.1) is 5.56 Å². The van der Waals surface area contributed by atoms with Gasteiger partial charge in [0.25, 0.3) is 0 Å². The number of halogens is 1. The monoisotopic (exact) mass is 285 g/mol. The van der Waals surface area contributed by atoms with Crippen molar-refractivity contribution in [3.05, 3.63) is 33.8 Å². The molecule has 0 atom stereocenters. The van der Waals surface area contributed by atoms with Gasteiger partial charge in [-0.05, 0) is 44.5 Å². The fourth-order valence-electron chi connectivity index (χ4n) is 1.22. The van der Waals surface area contributed by atoms with Gasteiger partial charge in [-0.25, -0.2) is 4.79 Å². The summed E-state index contributed by atoms with van der Waals surface area (Å²) >= 11 is 3.34. The molecule has 0 saturated carbocycles. The molecule has 0 heterocycles. The smallest absolute Gasteiger partial charge is 0.338 e. The first kappa shape index (κ1) is 13.2. The summed E-state index contributed by atoms with van der Waals surface area (Å²) in [5.41, 5.74) is 6.47. The zero-order chi connectivity index (χ0) is 12.3. The Hall–Kier alpha value is -0.870. The van der Waals surface area contributed by atoms with Gasteiger partial charge in [-0.3, -0.25) is 0 Å². The zero-order valence-corrected chi connectivity index (χ0v) is 11.3. The van der Waals surface area contributed by atoms with E-state index in [4.69, 9.17) is 10.5 Å². The molecule has 0 aliphatic heterocycles. The number of ether oxygens (including phenoxy) is 1. The van der Waals surface area contributed by atoms with Crippen molar-refractivity contribution in [2.24, 2.45) is 5.73 Å². The average molecular weight is 286 g/mol. The highest BCUT2D eigenvalue weighted by Gasteiger charge is 2.18. The first-order valence-electron chi connectivity index (χ1n) is 5.05. The maximum absolute atomic E-state index is 11.8. The maximum Gasteiger partial charge on any atom is 0.338 e. The highest BCUT2D eigenvalue weighted by molar-refractivity contribution is 9.10. The quantitative estimate of drug-likeness (QED) is 0.850. The fraction of sp³-hybridized carbons (Fsp3) is 0.417. The van der Waals surface area contributed by atoms with Gasteiger partial charge in [0.1, 0.15) is 5.60 Å². The van der Waals surface area contributed by atoms with Gasteiger partial charge in [0, 0.05) is 11.0 Å². The van der Waals surface area contributed by atoms with Crippen molar-refractivity contribution in [3.63, 3.8) is 0 Å². The van der Waals surface area contributed by atoms with Crippen LogP contribution in [0.15, 0.2) is 22.7 Å². The average Bonchev–Trinajstić information content (AvgIpc) is 2.14. The lowest BCUT2D eigenvalue weighted by Crippen LogP contribution is -2.24. The Balaban J connectivity index is 2.95. The Labute approximate surface area is 104 Å². The number of esters is 1. The van der Waals surface area contributed by atoms with Crippen molar-refractivity contribution < 1.29 is 9.53 Å². The van der Waals surface area contributed by atoms with E-state index in [1.165, 1.54) is 0 Å². The highest BCUT2D eigenvalue weighted by atomic mass is 79.9. The number of hydrogen-bond acceptors (Lipinski definition) is 3. The van der Waals surface area contributed by atoms with Gasteiger partial charge in [-0.2, -0.15) is 0 Å². The number of benzene rings is 1. The van der Waals surface area contributed by atoms with E-state index in [0.717, 1.165) is 10.0 Å². The molecule has 0 unspecified atom stereocenters. The molecule has 1 aromatic carbocycles. The van der Waals surface area contributed by atoms with Gasteiger partial charge < -0.3 is 10.5 Å². The topological polar surface area (TPSA) is 52.3 Å². The first-order chi connectivity index (χ1) is 7.31. The molecule has 0 amide bonds. The van der Waals surface area contributed by atoms with E-state index in [9.17, 15) is 4.79 Å². The molecule has 0 aliphatic rings. The molecule has 0 aromatic heterocycles. The molecule has 88 valence electrons. The van der Waals surface area contributed by atoms with Gasteiger partial charge in [0.2, 0.25) is 0 Å². The van der Waals surface area contributed by atoms with Crippen LogP contribution in [-0.2, 0) is 11.3 Å². The lowest BCUT2D eigenvalue weighted by Gasteiger charge is -2.19. The van der Waals surface area contributed by atoms with Gasteiger partial charge in [-0.15, -0.1) is 0 Å². The summed E-state index contributed by atoms with van der Waals surface area (Å²) in [7, 11) is 0. The third-order valence-corrected chi connectivity index (χ3v) is 2.29. The Morgan fingerprint density at radius 1 is 1.38 bits per heavy atom. The first-order valence-corrected chi connectivity index (χ1v) is 5.84. The summed E-state index contributed by atoms with van der Waals surface area (Å²) in [5, 5.41) is 0. The van der Waals surface area contributed by atoms with E-state index in [0.29, 0.717) is 12.1 Å². The second-order valence-corrected chi connectivity index (χ2v) is 5.47. The Morgan fingerprint density at radius 3 is 2.50 bits per heavy atom. The van der Waals surface area contributed by atoms with Crippen molar-refractivity contribution >= 4 is 21.9 Å². The summed E-state index contributed by atoms with van der Waals surface area (Å²) < 4.78 is 6.11. The van der Waals surface area contributed by atoms with Crippen molar-refractivity contribution in [2.45, 2.75) is 32.9 Å². The number of hydrogen-bond donors (Lipinski definition) is 1. The zero-order valence-electron chi connectivity index (χ0n) is 9.71. The molecule has 0 fully saturated rings. The summed E-state index contributed by atoms with van der Waals surface area (Å²) in [6.45, 7) is 5.92. The van der Waals surface area contributed by atoms with Gasteiger partial charge in [-0.1, -0.05) is 15.9 Å². The van der Waals surface area contributed by atoms with E-state index < -0.39 is 5.60 Å². The molecule has 0 radical (unpaired) electrons. The molecular formula is C12H16BrNO2. The normalized spacial score (nSPS) is 11.3. The van der Waals surface area contributed by atoms with Crippen LogP contribution in [0.3, 0.4) is 0 Å². The molecule has 0 saturated heterocycles. The second kappa shape index (κ2) is 4.97. The lowest BCUT2D eigenvalue weighted by atomic mass is 10.1. The van der Waals surface area contributed by atoms with Crippen LogP contribution in [0, 0.1) is 0 Å². The SMILES string of the molecule is CC(C)(C)OC(=O)c1cc(Br)cc(CN)c1. The van der Waals surface area contributed by atoms with Crippen LogP contribution >= 0.6 is 15.9 Å². The molecule has 3 nitrogen and oxygen atoms in total. The molecule has 0 aliphatic carbocycles. The minimum absolute atomic E-state index is 0.330. The number of nitrogens with two attached hydrogens (primary N) is 1. The third kappa shape index (κ3) is 3.94. The third-order valence-electron chi connectivity index (χ3n) is 1.83. The predicted molar refractivity (Wildman–Crippen MR) is 67.2 cm³/mol.